The first-order chi connectivity index (χ1) is 14.1. The molecule has 1 N–H and O–H groups in total. The second kappa shape index (κ2) is 7.15. The van der Waals surface area contributed by atoms with Crippen molar-refractivity contribution < 1.29 is 14.3 Å². The van der Waals surface area contributed by atoms with E-state index in [-0.39, 0.29) is 12.5 Å². The average Bonchev–Trinajstić information content (AvgIpc) is 3.32. The minimum Gasteiger partial charge on any atom is -0.485 e. The van der Waals surface area contributed by atoms with Crippen LogP contribution < -0.4 is 14.8 Å². The van der Waals surface area contributed by atoms with E-state index in [9.17, 15) is 4.79 Å². The Kier molecular flexibility index (Phi) is 4.47. The summed E-state index contributed by atoms with van der Waals surface area (Å²) >= 11 is 1.80. The summed E-state index contributed by atoms with van der Waals surface area (Å²) in [7, 11) is 0. The molecule has 0 saturated heterocycles. The van der Waals surface area contributed by atoms with Crippen molar-refractivity contribution in [1.29, 1.82) is 0 Å². The van der Waals surface area contributed by atoms with Crippen LogP contribution in [0.3, 0.4) is 0 Å². The zero-order chi connectivity index (χ0) is 20.0. The lowest BCUT2D eigenvalue weighted by molar-refractivity contribution is -0.125. The van der Waals surface area contributed by atoms with Gasteiger partial charge in [0.2, 0.25) is 6.10 Å². The monoisotopic (exact) mass is 407 g/mol. The molecule has 1 amide bonds. The second-order valence-electron chi connectivity index (χ2n) is 7.30. The number of hydrogen-bond acceptors (Lipinski definition) is 5. The maximum absolute atomic E-state index is 13.0. The molecule has 3 aromatic rings. The van der Waals surface area contributed by atoms with Crippen molar-refractivity contribution >= 4 is 23.5 Å². The molecule has 2 aromatic carbocycles. The molecule has 2 aliphatic rings. The third-order valence-corrected chi connectivity index (χ3v) is 6.30. The zero-order valence-corrected chi connectivity index (χ0v) is 17.1. The van der Waals surface area contributed by atoms with Crippen molar-refractivity contribution in [1.82, 2.24) is 9.78 Å². The summed E-state index contributed by atoms with van der Waals surface area (Å²) in [6.07, 6.45) is -0.710. The Morgan fingerprint density at radius 1 is 1.14 bits per heavy atom. The third kappa shape index (κ3) is 3.25. The van der Waals surface area contributed by atoms with Crippen molar-refractivity contribution in [2.24, 2.45) is 0 Å². The Bertz CT molecular complexity index is 1110. The molecule has 0 spiro atoms. The number of nitrogens with one attached hydrogen (secondary N) is 1. The molecular weight excluding hydrogens is 386 g/mol. The smallest absolute Gasteiger partial charge is 0.270 e. The Morgan fingerprint density at radius 2 is 1.97 bits per heavy atom. The Labute approximate surface area is 173 Å². The number of thioether (sulfide) groups is 1. The van der Waals surface area contributed by atoms with Gasteiger partial charge in [-0.3, -0.25) is 4.79 Å². The van der Waals surface area contributed by atoms with E-state index in [1.54, 1.807) is 11.8 Å². The first-order valence-electron chi connectivity index (χ1n) is 9.55. The number of aryl methyl sites for hydroxylation is 2. The predicted octanol–water partition coefficient (Wildman–Crippen LogP) is 4.01. The van der Waals surface area contributed by atoms with E-state index in [2.05, 4.69) is 31.3 Å². The molecule has 0 fully saturated rings. The van der Waals surface area contributed by atoms with Gasteiger partial charge in [-0.25, -0.2) is 4.68 Å². The molecule has 1 aromatic heterocycles. The van der Waals surface area contributed by atoms with E-state index >= 15 is 0 Å². The quantitative estimate of drug-likeness (QED) is 0.711. The summed E-state index contributed by atoms with van der Waals surface area (Å²) in [6, 6.07) is 13.6. The molecule has 0 radical (unpaired) electrons. The highest BCUT2D eigenvalue weighted by Crippen LogP contribution is 2.37. The molecule has 0 bridgehead atoms. The van der Waals surface area contributed by atoms with Gasteiger partial charge < -0.3 is 14.8 Å². The number of carbonyl (C=O) groups is 1. The first kappa shape index (κ1) is 18.1. The van der Waals surface area contributed by atoms with Gasteiger partial charge in [0.25, 0.3) is 5.91 Å². The van der Waals surface area contributed by atoms with E-state index < -0.39 is 6.10 Å². The first-order valence-corrected chi connectivity index (χ1v) is 10.7. The van der Waals surface area contributed by atoms with Crippen molar-refractivity contribution in [3.8, 4) is 17.2 Å². The molecule has 2 aliphatic heterocycles. The number of para-hydroxylation sites is 2. The molecule has 1 unspecified atom stereocenters. The molecule has 6 nitrogen and oxygen atoms in total. The standard InChI is InChI=1S/C22H21N3O3S/c1-13-7-8-15(9-14(13)2)25-21(16-11-29-12-17(16)24-25)23-22(26)20-10-27-18-5-3-4-6-19(18)28-20/h3-9,20H,10-12H2,1-2H3,(H,23,26). The summed E-state index contributed by atoms with van der Waals surface area (Å²) < 4.78 is 13.4. The number of ether oxygens (including phenoxy) is 2. The minimum absolute atomic E-state index is 0.178. The molecular formula is C22H21N3O3S. The van der Waals surface area contributed by atoms with Gasteiger partial charge in [0.15, 0.2) is 11.5 Å². The lowest BCUT2D eigenvalue weighted by Crippen LogP contribution is -2.40. The third-order valence-electron chi connectivity index (χ3n) is 5.33. The largest absolute Gasteiger partial charge is 0.485 e. The van der Waals surface area contributed by atoms with Gasteiger partial charge in [0.1, 0.15) is 12.4 Å². The topological polar surface area (TPSA) is 65.4 Å². The van der Waals surface area contributed by atoms with Gasteiger partial charge in [0, 0.05) is 17.1 Å². The summed E-state index contributed by atoms with van der Waals surface area (Å²) in [5.74, 6) is 3.42. The molecule has 3 heterocycles. The van der Waals surface area contributed by atoms with Crippen LogP contribution >= 0.6 is 11.8 Å². The van der Waals surface area contributed by atoms with Crippen LogP contribution in [0.25, 0.3) is 5.69 Å². The Balaban J connectivity index is 1.45. The van der Waals surface area contributed by atoms with Gasteiger partial charge >= 0.3 is 0 Å². The lowest BCUT2D eigenvalue weighted by Gasteiger charge is -2.25. The molecule has 5 rings (SSSR count). The van der Waals surface area contributed by atoms with Gasteiger partial charge in [-0.15, -0.1) is 0 Å². The van der Waals surface area contributed by atoms with Gasteiger partial charge in [-0.05, 0) is 49.2 Å². The highest BCUT2D eigenvalue weighted by atomic mass is 32.2. The predicted molar refractivity (Wildman–Crippen MR) is 113 cm³/mol. The average molecular weight is 407 g/mol. The molecule has 0 aliphatic carbocycles. The van der Waals surface area contributed by atoms with Crippen LogP contribution in [0.2, 0.25) is 0 Å². The lowest BCUT2D eigenvalue weighted by atomic mass is 10.1. The van der Waals surface area contributed by atoms with E-state index in [0.29, 0.717) is 11.5 Å². The number of benzene rings is 2. The van der Waals surface area contributed by atoms with Crippen LogP contribution in [0, 0.1) is 13.8 Å². The van der Waals surface area contributed by atoms with E-state index in [1.807, 2.05) is 35.0 Å². The summed E-state index contributed by atoms with van der Waals surface area (Å²) in [5.41, 5.74) is 5.45. The van der Waals surface area contributed by atoms with Gasteiger partial charge in [0.05, 0.1) is 11.4 Å². The fourth-order valence-corrected chi connectivity index (χ4v) is 4.57. The van der Waals surface area contributed by atoms with Crippen molar-refractivity contribution in [3.63, 3.8) is 0 Å². The van der Waals surface area contributed by atoms with E-state index in [4.69, 9.17) is 14.6 Å². The van der Waals surface area contributed by atoms with Crippen LogP contribution in [0.4, 0.5) is 5.82 Å². The molecule has 29 heavy (non-hydrogen) atoms. The Hall–Kier alpha value is -2.93. The molecule has 0 saturated carbocycles. The number of fused-ring (bicyclic) bond motifs is 2. The summed E-state index contributed by atoms with van der Waals surface area (Å²) in [6.45, 7) is 4.34. The van der Waals surface area contributed by atoms with E-state index in [1.165, 1.54) is 11.1 Å². The van der Waals surface area contributed by atoms with Crippen LogP contribution in [0.1, 0.15) is 22.4 Å². The maximum atomic E-state index is 13.0. The van der Waals surface area contributed by atoms with Crippen LogP contribution in [0.15, 0.2) is 42.5 Å². The number of amides is 1. The number of carbonyl (C=O) groups excluding carboxylic acids is 1. The number of anilines is 1. The van der Waals surface area contributed by atoms with Crippen molar-refractivity contribution in [3.05, 3.63) is 64.8 Å². The fraction of sp³-hybridized carbons (Fsp3) is 0.273. The zero-order valence-electron chi connectivity index (χ0n) is 16.3. The molecule has 7 heteroatoms. The molecule has 148 valence electrons. The number of nitrogens with zero attached hydrogens (tertiary/aromatic N) is 2. The maximum Gasteiger partial charge on any atom is 0.270 e. The van der Waals surface area contributed by atoms with Crippen LogP contribution in [-0.4, -0.2) is 28.4 Å². The highest BCUT2D eigenvalue weighted by Gasteiger charge is 2.31. The number of aromatic nitrogens is 2. The van der Waals surface area contributed by atoms with Crippen molar-refractivity contribution in [2.75, 3.05) is 11.9 Å². The van der Waals surface area contributed by atoms with Crippen molar-refractivity contribution in [2.45, 2.75) is 31.5 Å². The molecule has 1 atom stereocenters. The Morgan fingerprint density at radius 3 is 2.79 bits per heavy atom. The highest BCUT2D eigenvalue weighted by molar-refractivity contribution is 7.98. The minimum atomic E-state index is -0.710. The normalized spacial score (nSPS) is 17.1. The van der Waals surface area contributed by atoms with Crippen LogP contribution in [0.5, 0.6) is 11.5 Å². The van der Waals surface area contributed by atoms with Gasteiger partial charge in [-0.2, -0.15) is 16.9 Å². The van der Waals surface area contributed by atoms with Gasteiger partial charge in [-0.1, -0.05) is 18.2 Å². The summed E-state index contributed by atoms with van der Waals surface area (Å²) in [5, 5.41) is 7.84. The number of hydrogen-bond donors (Lipinski definition) is 1. The number of rotatable bonds is 3. The fourth-order valence-electron chi connectivity index (χ4n) is 3.53. The summed E-state index contributed by atoms with van der Waals surface area (Å²) in [4.78, 5) is 13.0. The second-order valence-corrected chi connectivity index (χ2v) is 8.29. The SMILES string of the molecule is Cc1ccc(-n2nc3c(c2NC(=O)C2COc4ccccc4O2)CSC3)cc1C. The van der Waals surface area contributed by atoms with Crippen LogP contribution in [-0.2, 0) is 16.3 Å². The van der Waals surface area contributed by atoms with E-state index in [0.717, 1.165) is 34.3 Å².